The van der Waals surface area contributed by atoms with Gasteiger partial charge in [-0.15, -0.1) is 0 Å². The Hall–Kier alpha value is -1.44. The first-order valence-corrected chi connectivity index (χ1v) is 11.0. The molecule has 0 bridgehead atoms. The zero-order chi connectivity index (χ0) is 19.7. The Morgan fingerprint density at radius 3 is 2.67 bits per heavy atom. The van der Waals surface area contributed by atoms with Gasteiger partial charge in [0.2, 0.25) is 0 Å². The highest BCUT2D eigenvalue weighted by atomic mass is 16.5. The van der Waals surface area contributed by atoms with Gasteiger partial charge in [0.15, 0.2) is 0 Å². The second-order valence-electron chi connectivity index (χ2n) is 9.80. The first-order chi connectivity index (χ1) is 12.8. The van der Waals surface area contributed by atoms with Crippen LogP contribution in [0.4, 0.5) is 0 Å². The third-order valence-electron chi connectivity index (χ3n) is 6.88. The second kappa shape index (κ2) is 7.89. The van der Waals surface area contributed by atoms with E-state index in [0.29, 0.717) is 17.6 Å². The van der Waals surface area contributed by atoms with Crippen molar-refractivity contribution >= 4 is 0 Å². The standard InChI is InChI=1S/C25H38O2/c1-6-7-8-12-15-24(2,3)18-16-21(26)23-19-13-10-9-11-14-20(19)25(4,5)27-22(23)17-18/h9,11,16-17,19-20,26H,6-8,10,12-15H2,1-5H3/t19-,20-/m1/s1. The van der Waals surface area contributed by atoms with E-state index in [9.17, 15) is 5.11 Å². The largest absolute Gasteiger partial charge is 0.508 e. The smallest absolute Gasteiger partial charge is 0.127 e. The molecule has 0 saturated carbocycles. The molecule has 2 heteroatoms. The number of phenols is 1. The van der Waals surface area contributed by atoms with Gasteiger partial charge < -0.3 is 9.84 Å². The molecule has 0 saturated heterocycles. The quantitative estimate of drug-likeness (QED) is 0.422. The van der Waals surface area contributed by atoms with E-state index < -0.39 is 0 Å². The van der Waals surface area contributed by atoms with Gasteiger partial charge in [-0.05, 0) is 68.6 Å². The number of hydrogen-bond donors (Lipinski definition) is 1. The van der Waals surface area contributed by atoms with Crippen LogP contribution in [0, 0.1) is 5.92 Å². The van der Waals surface area contributed by atoms with E-state index in [4.69, 9.17) is 4.74 Å². The fourth-order valence-corrected chi connectivity index (χ4v) is 5.07. The Labute approximate surface area is 166 Å². The van der Waals surface area contributed by atoms with Gasteiger partial charge in [0.25, 0.3) is 0 Å². The summed E-state index contributed by atoms with van der Waals surface area (Å²) in [5.74, 6) is 2.15. The predicted octanol–water partition coefficient (Wildman–Crippen LogP) is 7.25. The Kier molecular flexibility index (Phi) is 5.93. The zero-order valence-corrected chi connectivity index (χ0v) is 18.0. The van der Waals surface area contributed by atoms with Gasteiger partial charge in [-0.2, -0.15) is 0 Å². The van der Waals surface area contributed by atoms with E-state index in [2.05, 4.69) is 52.8 Å². The third-order valence-corrected chi connectivity index (χ3v) is 6.88. The lowest BCUT2D eigenvalue weighted by molar-refractivity contribution is 0.00964. The van der Waals surface area contributed by atoms with Crippen LogP contribution in [0.3, 0.4) is 0 Å². The van der Waals surface area contributed by atoms with Gasteiger partial charge in [0.05, 0.1) is 0 Å². The number of phenolic OH excluding ortho intramolecular Hbond substituents is 1. The van der Waals surface area contributed by atoms with Crippen molar-refractivity contribution in [3.8, 4) is 11.5 Å². The number of aromatic hydroxyl groups is 1. The van der Waals surface area contributed by atoms with Crippen molar-refractivity contribution in [2.24, 2.45) is 5.92 Å². The molecular formula is C25H38O2. The van der Waals surface area contributed by atoms with Crippen molar-refractivity contribution in [2.75, 3.05) is 0 Å². The molecule has 1 heterocycles. The van der Waals surface area contributed by atoms with Crippen molar-refractivity contribution in [1.82, 2.24) is 0 Å². The lowest BCUT2D eigenvalue weighted by Gasteiger charge is -2.45. The summed E-state index contributed by atoms with van der Waals surface area (Å²) in [5.41, 5.74) is 2.10. The van der Waals surface area contributed by atoms with Gasteiger partial charge in [-0.25, -0.2) is 0 Å². The highest BCUT2D eigenvalue weighted by Crippen LogP contribution is 2.53. The SMILES string of the molecule is CCCCCCC(C)(C)c1cc(O)c2c(c1)OC(C)(C)[C@@H]1CC=CCC[C@@H]21. The summed E-state index contributed by atoms with van der Waals surface area (Å²) in [5, 5.41) is 11.0. The molecule has 0 fully saturated rings. The summed E-state index contributed by atoms with van der Waals surface area (Å²) in [4.78, 5) is 0. The van der Waals surface area contributed by atoms with Crippen LogP contribution < -0.4 is 4.74 Å². The molecule has 27 heavy (non-hydrogen) atoms. The van der Waals surface area contributed by atoms with E-state index in [1.807, 2.05) is 6.07 Å². The van der Waals surface area contributed by atoms with Crippen LogP contribution in [0.2, 0.25) is 0 Å². The average molecular weight is 371 g/mol. The molecular weight excluding hydrogens is 332 g/mol. The molecule has 2 aliphatic rings. The Balaban J connectivity index is 1.92. The molecule has 1 aromatic carbocycles. The summed E-state index contributed by atoms with van der Waals surface area (Å²) in [7, 11) is 0. The molecule has 0 radical (unpaired) electrons. The minimum absolute atomic E-state index is 0.0512. The van der Waals surface area contributed by atoms with E-state index >= 15 is 0 Å². The number of hydrogen-bond acceptors (Lipinski definition) is 2. The molecule has 2 atom stereocenters. The molecule has 0 aromatic heterocycles. The first-order valence-electron chi connectivity index (χ1n) is 11.0. The average Bonchev–Trinajstić information content (AvgIpc) is 2.84. The van der Waals surface area contributed by atoms with Gasteiger partial charge in [0, 0.05) is 11.5 Å². The minimum atomic E-state index is -0.206. The van der Waals surface area contributed by atoms with Crippen LogP contribution in [0.5, 0.6) is 11.5 Å². The molecule has 1 aromatic rings. The fraction of sp³-hybridized carbons (Fsp3) is 0.680. The third kappa shape index (κ3) is 4.20. The Morgan fingerprint density at radius 2 is 1.93 bits per heavy atom. The van der Waals surface area contributed by atoms with Crippen LogP contribution in [0.15, 0.2) is 24.3 Å². The summed E-state index contributed by atoms with van der Waals surface area (Å²) < 4.78 is 6.51. The number of rotatable bonds is 6. The molecule has 2 nitrogen and oxygen atoms in total. The summed E-state index contributed by atoms with van der Waals surface area (Å²) in [6.07, 6.45) is 14.0. The van der Waals surface area contributed by atoms with E-state index in [1.54, 1.807) is 0 Å². The van der Waals surface area contributed by atoms with Gasteiger partial charge >= 0.3 is 0 Å². The molecule has 0 amide bonds. The maximum absolute atomic E-state index is 11.0. The Bertz CT molecular complexity index is 684. The van der Waals surface area contributed by atoms with Crippen LogP contribution in [-0.2, 0) is 5.41 Å². The minimum Gasteiger partial charge on any atom is -0.508 e. The maximum Gasteiger partial charge on any atom is 0.127 e. The zero-order valence-electron chi connectivity index (χ0n) is 18.0. The van der Waals surface area contributed by atoms with Crippen molar-refractivity contribution in [3.63, 3.8) is 0 Å². The maximum atomic E-state index is 11.0. The molecule has 150 valence electrons. The lowest BCUT2D eigenvalue weighted by Crippen LogP contribution is -2.44. The molecule has 3 rings (SSSR count). The van der Waals surface area contributed by atoms with Crippen molar-refractivity contribution < 1.29 is 9.84 Å². The molecule has 1 aliphatic carbocycles. The van der Waals surface area contributed by atoms with Crippen LogP contribution in [0.25, 0.3) is 0 Å². The number of ether oxygens (including phenoxy) is 1. The molecule has 0 unspecified atom stereocenters. The number of allylic oxidation sites excluding steroid dienone is 2. The topological polar surface area (TPSA) is 29.5 Å². The number of benzene rings is 1. The number of unbranched alkanes of at least 4 members (excludes halogenated alkanes) is 3. The molecule has 1 N–H and O–H groups in total. The van der Waals surface area contributed by atoms with Crippen LogP contribution in [-0.4, -0.2) is 10.7 Å². The van der Waals surface area contributed by atoms with Crippen LogP contribution >= 0.6 is 0 Å². The summed E-state index contributed by atoms with van der Waals surface area (Å²) in [6.45, 7) is 11.3. The van der Waals surface area contributed by atoms with E-state index in [0.717, 1.165) is 37.0 Å². The monoisotopic (exact) mass is 370 g/mol. The lowest BCUT2D eigenvalue weighted by atomic mass is 9.70. The van der Waals surface area contributed by atoms with Gasteiger partial charge in [-0.3, -0.25) is 0 Å². The van der Waals surface area contributed by atoms with Crippen LogP contribution in [0.1, 0.15) is 103 Å². The summed E-state index contributed by atoms with van der Waals surface area (Å²) in [6, 6.07) is 4.25. The second-order valence-corrected chi connectivity index (χ2v) is 9.80. The predicted molar refractivity (Wildman–Crippen MR) is 114 cm³/mol. The molecule has 0 spiro atoms. The Morgan fingerprint density at radius 1 is 1.15 bits per heavy atom. The summed E-state index contributed by atoms with van der Waals surface area (Å²) >= 11 is 0. The highest BCUT2D eigenvalue weighted by Gasteiger charge is 2.44. The number of fused-ring (bicyclic) bond motifs is 3. The van der Waals surface area contributed by atoms with E-state index in [-0.39, 0.29) is 11.0 Å². The fourth-order valence-electron chi connectivity index (χ4n) is 5.07. The molecule has 1 aliphatic heterocycles. The first kappa shape index (κ1) is 20.3. The van der Waals surface area contributed by atoms with E-state index in [1.165, 1.54) is 31.2 Å². The van der Waals surface area contributed by atoms with Crippen molar-refractivity contribution in [1.29, 1.82) is 0 Å². The van der Waals surface area contributed by atoms with Gasteiger partial charge in [0.1, 0.15) is 17.1 Å². The normalized spacial score (nSPS) is 23.9. The highest BCUT2D eigenvalue weighted by molar-refractivity contribution is 5.53. The van der Waals surface area contributed by atoms with Crippen molar-refractivity contribution in [2.45, 2.75) is 103 Å². The van der Waals surface area contributed by atoms with Crippen molar-refractivity contribution in [3.05, 3.63) is 35.4 Å². The van der Waals surface area contributed by atoms with Gasteiger partial charge in [-0.1, -0.05) is 58.6 Å².